The molecule has 0 aliphatic heterocycles. The minimum atomic E-state index is 0.637. The molecule has 1 heterocycles. The number of nitrogens with zero attached hydrogens (tertiary/aromatic N) is 2. The first-order chi connectivity index (χ1) is 7.15. The third kappa shape index (κ3) is 2.30. The molecule has 0 saturated heterocycles. The molecule has 15 heavy (non-hydrogen) atoms. The maximum atomic E-state index is 5.77. The van der Waals surface area contributed by atoms with Crippen molar-refractivity contribution in [1.29, 1.82) is 0 Å². The van der Waals surface area contributed by atoms with Gasteiger partial charge in [-0.05, 0) is 18.2 Å². The predicted molar refractivity (Wildman–Crippen MR) is 65.0 cm³/mol. The molecule has 0 radical (unpaired) electrons. The van der Waals surface area contributed by atoms with Crippen LogP contribution < -0.4 is 11.1 Å². The largest absolute Gasteiger partial charge is 0.394 e. The Bertz CT molecular complexity index is 478. The number of nitrogens with two attached hydrogens (primary N) is 1. The van der Waals surface area contributed by atoms with Crippen LogP contribution in [0.2, 0.25) is 0 Å². The highest BCUT2D eigenvalue weighted by atomic mass is 79.9. The lowest BCUT2D eigenvalue weighted by Gasteiger charge is -2.03. The third-order valence-electron chi connectivity index (χ3n) is 1.94. The topological polar surface area (TPSA) is 55.9 Å². The van der Waals surface area contributed by atoms with Gasteiger partial charge in [-0.2, -0.15) is 5.10 Å². The summed E-state index contributed by atoms with van der Waals surface area (Å²) in [6.07, 6.45) is 1.76. The first-order valence-electron chi connectivity index (χ1n) is 4.47. The molecule has 0 amide bonds. The lowest BCUT2D eigenvalue weighted by Crippen LogP contribution is -1.95. The standard InChI is InChI=1S/C10H11BrN4/c1-15-6-9(12)10(14-15)13-8-4-2-3-7(11)5-8/h2-6H,12H2,1H3,(H,13,14). The number of aromatic nitrogens is 2. The van der Waals surface area contributed by atoms with E-state index < -0.39 is 0 Å². The van der Waals surface area contributed by atoms with Crippen LogP contribution in [0.1, 0.15) is 0 Å². The number of hydrogen-bond donors (Lipinski definition) is 2. The molecule has 1 aromatic carbocycles. The Kier molecular flexibility index (Phi) is 2.64. The lowest BCUT2D eigenvalue weighted by molar-refractivity contribution is 0.771. The molecule has 2 rings (SSSR count). The Morgan fingerprint density at radius 1 is 1.47 bits per heavy atom. The summed E-state index contributed by atoms with van der Waals surface area (Å²) in [5.74, 6) is 0.676. The molecule has 0 bridgehead atoms. The minimum absolute atomic E-state index is 0.637. The zero-order chi connectivity index (χ0) is 10.8. The Morgan fingerprint density at radius 2 is 2.27 bits per heavy atom. The van der Waals surface area contributed by atoms with Gasteiger partial charge in [-0.3, -0.25) is 4.68 Å². The lowest BCUT2D eigenvalue weighted by atomic mass is 10.3. The molecule has 0 fully saturated rings. The predicted octanol–water partition coefficient (Wildman–Crippen LogP) is 2.51. The van der Waals surface area contributed by atoms with Crippen molar-refractivity contribution >= 4 is 33.1 Å². The molecule has 2 aromatic rings. The summed E-state index contributed by atoms with van der Waals surface area (Å²) in [4.78, 5) is 0. The summed E-state index contributed by atoms with van der Waals surface area (Å²) in [5.41, 5.74) is 7.36. The van der Waals surface area contributed by atoms with Crippen molar-refractivity contribution in [2.45, 2.75) is 0 Å². The molecule has 0 spiro atoms. The fourth-order valence-corrected chi connectivity index (χ4v) is 1.71. The summed E-state index contributed by atoms with van der Waals surface area (Å²) >= 11 is 3.40. The van der Waals surface area contributed by atoms with Crippen LogP contribution in [-0.2, 0) is 7.05 Å². The average molecular weight is 267 g/mol. The quantitative estimate of drug-likeness (QED) is 0.879. The molecule has 78 valence electrons. The Balaban J connectivity index is 2.25. The zero-order valence-corrected chi connectivity index (χ0v) is 9.82. The van der Waals surface area contributed by atoms with Crippen LogP contribution in [0.4, 0.5) is 17.2 Å². The van der Waals surface area contributed by atoms with Crippen molar-refractivity contribution in [2.75, 3.05) is 11.1 Å². The van der Waals surface area contributed by atoms with Crippen LogP contribution in [0, 0.1) is 0 Å². The Morgan fingerprint density at radius 3 is 2.87 bits per heavy atom. The number of halogens is 1. The summed E-state index contributed by atoms with van der Waals surface area (Å²) in [5, 5.41) is 7.35. The number of nitrogens with one attached hydrogen (secondary N) is 1. The van der Waals surface area contributed by atoms with E-state index in [-0.39, 0.29) is 0 Å². The van der Waals surface area contributed by atoms with E-state index in [1.807, 2.05) is 31.3 Å². The second-order valence-electron chi connectivity index (χ2n) is 3.24. The first-order valence-corrected chi connectivity index (χ1v) is 5.26. The highest BCUT2D eigenvalue weighted by molar-refractivity contribution is 9.10. The zero-order valence-electron chi connectivity index (χ0n) is 8.24. The number of aryl methyl sites for hydroxylation is 1. The van der Waals surface area contributed by atoms with Crippen LogP contribution in [0.3, 0.4) is 0 Å². The van der Waals surface area contributed by atoms with Gasteiger partial charge in [0.2, 0.25) is 0 Å². The maximum absolute atomic E-state index is 5.77. The van der Waals surface area contributed by atoms with E-state index in [4.69, 9.17) is 5.73 Å². The van der Waals surface area contributed by atoms with Gasteiger partial charge in [-0.25, -0.2) is 0 Å². The molecular weight excluding hydrogens is 256 g/mol. The average Bonchev–Trinajstić information content (AvgIpc) is 2.45. The van der Waals surface area contributed by atoms with Gasteiger partial charge in [0, 0.05) is 23.4 Å². The summed E-state index contributed by atoms with van der Waals surface area (Å²) in [7, 11) is 1.84. The molecule has 0 aliphatic carbocycles. The monoisotopic (exact) mass is 266 g/mol. The molecule has 0 saturated carbocycles. The van der Waals surface area contributed by atoms with Crippen molar-refractivity contribution < 1.29 is 0 Å². The normalized spacial score (nSPS) is 10.3. The summed E-state index contributed by atoms with van der Waals surface area (Å²) < 4.78 is 2.69. The van der Waals surface area contributed by atoms with Gasteiger partial charge in [-0.15, -0.1) is 0 Å². The van der Waals surface area contributed by atoms with Crippen LogP contribution in [0.15, 0.2) is 34.9 Å². The fraction of sp³-hybridized carbons (Fsp3) is 0.100. The van der Waals surface area contributed by atoms with Crippen molar-refractivity contribution in [3.63, 3.8) is 0 Å². The van der Waals surface area contributed by atoms with E-state index in [9.17, 15) is 0 Å². The SMILES string of the molecule is Cn1cc(N)c(Nc2cccc(Br)c2)n1. The number of hydrogen-bond acceptors (Lipinski definition) is 3. The van der Waals surface area contributed by atoms with E-state index in [2.05, 4.69) is 26.3 Å². The molecule has 3 N–H and O–H groups in total. The minimum Gasteiger partial charge on any atom is -0.394 e. The van der Waals surface area contributed by atoms with Gasteiger partial charge in [0.1, 0.15) is 0 Å². The third-order valence-corrected chi connectivity index (χ3v) is 2.44. The van der Waals surface area contributed by atoms with Gasteiger partial charge in [0.05, 0.1) is 5.69 Å². The molecule has 5 heteroatoms. The molecular formula is C10H11BrN4. The molecule has 0 unspecified atom stereocenters. The molecule has 1 aromatic heterocycles. The Hall–Kier alpha value is -1.49. The smallest absolute Gasteiger partial charge is 0.175 e. The van der Waals surface area contributed by atoms with E-state index in [1.54, 1.807) is 10.9 Å². The van der Waals surface area contributed by atoms with Crippen molar-refractivity contribution in [2.24, 2.45) is 7.05 Å². The van der Waals surface area contributed by atoms with Gasteiger partial charge in [0.15, 0.2) is 5.82 Å². The van der Waals surface area contributed by atoms with Gasteiger partial charge in [0.25, 0.3) is 0 Å². The highest BCUT2D eigenvalue weighted by Crippen LogP contribution is 2.22. The maximum Gasteiger partial charge on any atom is 0.175 e. The summed E-state index contributed by atoms with van der Waals surface area (Å²) in [6, 6.07) is 7.84. The van der Waals surface area contributed by atoms with E-state index >= 15 is 0 Å². The number of anilines is 3. The number of benzene rings is 1. The van der Waals surface area contributed by atoms with Crippen LogP contribution in [0.25, 0.3) is 0 Å². The van der Waals surface area contributed by atoms with E-state index in [1.165, 1.54) is 0 Å². The van der Waals surface area contributed by atoms with Crippen LogP contribution in [0.5, 0.6) is 0 Å². The number of nitrogen functional groups attached to an aromatic ring is 1. The molecule has 0 atom stereocenters. The van der Waals surface area contributed by atoms with E-state index in [0.29, 0.717) is 11.5 Å². The van der Waals surface area contributed by atoms with Crippen molar-refractivity contribution in [1.82, 2.24) is 9.78 Å². The van der Waals surface area contributed by atoms with Gasteiger partial charge < -0.3 is 11.1 Å². The molecule has 0 aliphatic rings. The summed E-state index contributed by atoms with van der Waals surface area (Å²) in [6.45, 7) is 0. The molecule has 4 nitrogen and oxygen atoms in total. The van der Waals surface area contributed by atoms with Gasteiger partial charge >= 0.3 is 0 Å². The van der Waals surface area contributed by atoms with Crippen molar-refractivity contribution in [3.05, 3.63) is 34.9 Å². The first kappa shape index (κ1) is 10.0. The fourth-order valence-electron chi connectivity index (χ4n) is 1.31. The second kappa shape index (κ2) is 3.94. The highest BCUT2D eigenvalue weighted by Gasteiger charge is 2.03. The van der Waals surface area contributed by atoms with Crippen molar-refractivity contribution in [3.8, 4) is 0 Å². The second-order valence-corrected chi connectivity index (χ2v) is 4.16. The van der Waals surface area contributed by atoms with Crippen LogP contribution >= 0.6 is 15.9 Å². The van der Waals surface area contributed by atoms with Crippen LogP contribution in [-0.4, -0.2) is 9.78 Å². The Labute approximate surface area is 96.2 Å². The van der Waals surface area contributed by atoms with Gasteiger partial charge in [-0.1, -0.05) is 22.0 Å². The number of rotatable bonds is 2. The van der Waals surface area contributed by atoms with E-state index in [0.717, 1.165) is 10.2 Å².